The highest BCUT2D eigenvalue weighted by molar-refractivity contribution is 9.10. The van der Waals surface area contributed by atoms with Gasteiger partial charge in [0.05, 0.1) is 15.9 Å². The Bertz CT molecular complexity index is 950. The summed E-state index contributed by atoms with van der Waals surface area (Å²) in [5, 5.41) is 2.51. The predicted octanol–water partition coefficient (Wildman–Crippen LogP) is 3.52. The van der Waals surface area contributed by atoms with Crippen molar-refractivity contribution in [2.45, 2.75) is 6.42 Å². The molecule has 0 radical (unpaired) electrons. The van der Waals surface area contributed by atoms with E-state index in [9.17, 15) is 22.0 Å². The summed E-state index contributed by atoms with van der Waals surface area (Å²) in [4.78, 5) is 12.2. The number of anilines is 2. The van der Waals surface area contributed by atoms with Crippen LogP contribution >= 0.6 is 15.9 Å². The first kappa shape index (κ1) is 17.8. The Morgan fingerprint density at radius 1 is 1.12 bits per heavy atom. The van der Waals surface area contributed by atoms with Crippen molar-refractivity contribution >= 4 is 43.2 Å². The van der Waals surface area contributed by atoms with E-state index in [0.29, 0.717) is 6.42 Å². The van der Waals surface area contributed by atoms with Crippen molar-refractivity contribution in [3.63, 3.8) is 0 Å². The predicted molar refractivity (Wildman–Crippen MR) is 94.2 cm³/mol. The zero-order valence-electron chi connectivity index (χ0n) is 12.8. The van der Waals surface area contributed by atoms with Crippen molar-refractivity contribution < 1.29 is 22.0 Å². The summed E-state index contributed by atoms with van der Waals surface area (Å²) in [6.45, 7) is 0.189. The second-order valence-corrected chi connectivity index (χ2v) is 8.36. The van der Waals surface area contributed by atoms with Gasteiger partial charge in [-0.15, -0.1) is 0 Å². The number of nitrogens with one attached hydrogen (secondary N) is 1. The number of carbonyl (C=O) groups excluding carboxylic acids is 1. The molecule has 2 aromatic carbocycles. The summed E-state index contributed by atoms with van der Waals surface area (Å²) in [5.41, 5.74) is 0.185. The topological polar surface area (TPSA) is 66.5 Å². The molecule has 25 heavy (non-hydrogen) atoms. The van der Waals surface area contributed by atoms with E-state index in [1.165, 1.54) is 24.3 Å². The number of carbonyl (C=O) groups is 1. The van der Waals surface area contributed by atoms with E-state index >= 15 is 0 Å². The van der Waals surface area contributed by atoms with Crippen molar-refractivity contribution in [3.05, 3.63) is 58.1 Å². The molecule has 132 valence electrons. The minimum absolute atomic E-state index is 0.0405. The lowest BCUT2D eigenvalue weighted by Crippen LogP contribution is -2.26. The number of hydrogen-bond donors (Lipinski definition) is 1. The largest absolute Gasteiger partial charge is 0.322 e. The van der Waals surface area contributed by atoms with Crippen LogP contribution in [-0.2, 0) is 10.0 Å². The highest BCUT2D eigenvalue weighted by Gasteiger charge is 2.30. The van der Waals surface area contributed by atoms with Gasteiger partial charge in [-0.1, -0.05) is 0 Å². The maximum absolute atomic E-state index is 14.0. The van der Waals surface area contributed by atoms with Gasteiger partial charge < -0.3 is 5.32 Å². The normalized spacial score (nSPS) is 16.0. The molecule has 0 atom stereocenters. The molecule has 5 nitrogen and oxygen atoms in total. The van der Waals surface area contributed by atoms with Gasteiger partial charge in [0, 0.05) is 17.8 Å². The third-order valence-corrected chi connectivity index (χ3v) is 6.25. The fourth-order valence-corrected chi connectivity index (χ4v) is 4.34. The lowest BCUT2D eigenvalue weighted by atomic mass is 10.2. The van der Waals surface area contributed by atoms with Crippen LogP contribution in [0.5, 0.6) is 0 Å². The Morgan fingerprint density at radius 2 is 1.88 bits per heavy atom. The third-order valence-electron chi connectivity index (χ3n) is 3.75. The van der Waals surface area contributed by atoms with Gasteiger partial charge in [-0.25, -0.2) is 17.2 Å². The van der Waals surface area contributed by atoms with Crippen molar-refractivity contribution in [1.29, 1.82) is 0 Å². The number of rotatable bonds is 3. The van der Waals surface area contributed by atoms with E-state index < -0.39 is 27.6 Å². The second-order valence-electron chi connectivity index (χ2n) is 5.49. The van der Waals surface area contributed by atoms with Crippen LogP contribution in [0.25, 0.3) is 0 Å². The van der Waals surface area contributed by atoms with E-state index in [4.69, 9.17) is 0 Å². The van der Waals surface area contributed by atoms with Gasteiger partial charge in [0.2, 0.25) is 10.0 Å². The average molecular weight is 431 g/mol. The Kier molecular flexibility index (Phi) is 4.79. The summed E-state index contributed by atoms with van der Waals surface area (Å²) < 4.78 is 52.7. The molecule has 1 heterocycles. The van der Waals surface area contributed by atoms with Crippen LogP contribution in [0.15, 0.2) is 40.9 Å². The van der Waals surface area contributed by atoms with Gasteiger partial charge in [-0.2, -0.15) is 0 Å². The summed E-state index contributed by atoms with van der Waals surface area (Å²) in [7, 11) is -3.54. The van der Waals surface area contributed by atoms with E-state index in [1.54, 1.807) is 0 Å². The summed E-state index contributed by atoms with van der Waals surface area (Å²) in [6, 6.07) is 7.55. The van der Waals surface area contributed by atoms with Crippen LogP contribution in [0.2, 0.25) is 0 Å². The minimum atomic E-state index is -3.54. The quantitative estimate of drug-likeness (QED) is 0.809. The SMILES string of the molecule is O=C(Nc1ccc(F)c(N2CCCS2(=O)=O)c1)c1ccc(Br)c(F)c1. The molecule has 1 amide bonds. The van der Waals surface area contributed by atoms with Crippen LogP contribution < -0.4 is 9.62 Å². The Morgan fingerprint density at radius 3 is 2.52 bits per heavy atom. The molecule has 1 fully saturated rings. The molecule has 1 saturated heterocycles. The number of amides is 1. The highest BCUT2D eigenvalue weighted by Crippen LogP contribution is 2.29. The maximum Gasteiger partial charge on any atom is 0.255 e. The van der Waals surface area contributed by atoms with Crippen LogP contribution in [0.4, 0.5) is 20.2 Å². The Hall–Kier alpha value is -2.00. The molecule has 9 heteroatoms. The minimum Gasteiger partial charge on any atom is -0.322 e. The third kappa shape index (κ3) is 3.67. The number of halogens is 3. The molecule has 1 N–H and O–H groups in total. The number of benzene rings is 2. The molecule has 0 spiro atoms. The van der Waals surface area contributed by atoms with Crippen LogP contribution in [0.3, 0.4) is 0 Å². The zero-order chi connectivity index (χ0) is 18.2. The lowest BCUT2D eigenvalue weighted by molar-refractivity contribution is 0.102. The molecule has 0 bridgehead atoms. The number of hydrogen-bond acceptors (Lipinski definition) is 3. The van der Waals surface area contributed by atoms with E-state index in [1.807, 2.05) is 0 Å². The van der Waals surface area contributed by atoms with Gasteiger partial charge in [-0.05, 0) is 58.7 Å². The van der Waals surface area contributed by atoms with Crippen LogP contribution in [0.1, 0.15) is 16.8 Å². The fourth-order valence-electron chi connectivity index (χ4n) is 2.53. The first-order chi connectivity index (χ1) is 11.8. The molecule has 2 aromatic rings. The smallest absolute Gasteiger partial charge is 0.255 e. The molecule has 3 rings (SSSR count). The van der Waals surface area contributed by atoms with Crippen molar-refractivity contribution in [2.75, 3.05) is 21.9 Å². The fraction of sp³-hybridized carbons (Fsp3) is 0.188. The summed E-state index contributed by atoms with van der Waals surface area (Å²) >= 11 is 3.00. The van der Waals surface area contributed by atoms with Crippen LogP contribution in [-0.4, -0.2) is 26.6 Å². The monoisotopic (exact) mass is 430 g/mol. The van der Waals surface area contributed by atoms with Gasteiger partial charge in [0.1, 0.15) is 11.6 Å². The summed E-state index contributed by atoms with van der Waals surface area (Å²) in [5.74, 6) is -1.91. The standard InChI is InChI=1S/C16H13BrF2N2O3S/c17-12-4-2-10(8-14(12)19)16(22)20-11-3-5-13(18)15(9-11)21-6-1-7-25(21,23)24/h2-5,8-9H,1,6-7H2,(H,20,22). The highest BCUT2D eigenvalue weighted by atomic mass is 79.9. The van der Waals surface area contributed by atoms with Crippen LogP contribution in [0, 0.1) is 11.6 Å². The average Bonchev–Trinajstić information content (AvgIpc) is 2.91. The lowest BCUT2D eigenvalue weighted by Gasteiger charge is -2.18. The van der Waals surface area contributed by atoms with E-state index in [2.05, 4.69) is 21.2 Å². The molecular weight excluding hydrogens is 418 g/mol. The Labute approximate surface area is 151 Å². The van der Waals surface area contributed by atoms with Gasteiger partial charge in [0.15, 0.2) is 0 Å². The first-order valence-corrected chi connectivity index (χ1v) is 9.74. The second kappa shape index (κ2) is 6.72. The molecule has 0 unspecified atom stereocenters. The van der Waals surface area contributed by atoms with Gasteiger partial charge >= 0.3 is 0 Å². The Balaban J connectivity index is 1.87. The molecule has 1 aliphatic heterocycles. The van der Waals surface area contributed by atoms with Crippen molar-refractivity contribution in [1.82, 2.24) is 0 Å². The van der Waals surface area contributed by atoms with Crippen molar-refractivity contribution in [3.8, 4) is 0 Å². The number of nitrogens with zero attached hydrogens (tertiary/aromatic N) is 1. The summed E-state index contributed by atoms with van der Waals surface area (Å²) in [6.07, 6.45) is 0.413. The van der Waals surface area contributed by atoms with Gasteiger partial charge in [0.25, 0.3) is 5.91 Å². The first-order valence-electron chi connectivity index (χ1n) is 7.34. The van der Waals surface area contributed by atoms with Crippen molar-refractivity contribution in [2.24, 2.45) is 0 Å². The van der Waals surface area contributed by atoms with Gasteiger partial charge in [-0.3, -0.25) is 9.10 Å². The maximum atomic E-state index is 14.0. The number of sulfonamides is 1. The van der Waals surface area contributed by atoms with E-state index in [-0.39, 0.29) is 33.7 Å². The molecule has 0 saturated carbocycles. The van der Waals surface area contributed by atoms with E-state index in [0.717, 1.165) is 16.4 Å². The molecule has 0 aliphatic carbocycles. The molecular formula is C16H13BrF2N2O3S. The zero-order valence-corrected chi connectivity index (χ0v) is 15.2. The molecule has 1 aliphatic rings. The molecule has 0 aromatic heterocycles.